The van der Waals surface area contributed by atoms with Gasteiger partial charge in [-0.05, 0) is 57.7 Å². The van der Waals surface area contributed by atoms with Gasteiger partial charge in [0.05, 0.1) is 5.54 Å². The van der Waals surface area contributed by atoms with Crippen LogP contribution in [0, 0.1) is 5.92 Å². The Morgan fingerprint density at radius 3 is 2.24 bits per heavy atom. The zero-order valence-electron chi connectivity index (χ0n) is 14.0. The molecule has 1 aromatic rings. The molecule has 1 aliphatic carbocycles. The summed E-state index contributed by atoms with van der Waals surface area (Å²) in [6, 6.07) is 8.28. The van der Waals surface area contributed by atoms with Crippen LogP contribution in [0.2, 0.25) is 0 Å². The van der Waals surface area contributed by atoms with Crippen molar-refractivity contribution in [1.29, 1.82) is 0 Å². The quantitative estimate of drug-likeness (QED) is 0.751. The van der Waals surface area contributed by atoms with Crippen LogP contribution in [0.15, 0.2) is 24.3 Å². The molecule has 1 aromatic carbocycles. The first-order chi connectivity index (χ1) is 9.99. The van der Waals surface area contributed by atoms with Crippen LogP contribution in [0.1, 0.15) is 61.9 Å². The van der Waals surface area contributed by atoms with Crippen molar-refractivity contribution in [2.24, 2.45) is 5.92 Å². The summed E-state index contributed by atoms with van der Waals surface area (Å²) in [6.07, 6.45) is 6.50. The van der Waals surface area contributed by atoms with Gasteiger partial charge in [0.15, 0.2) is 5.78 Å². The van der Waals surface area contributed by atoms with Crippen molar-refractivity contribution in [3.05, 3.63) is 35.4 Å². The summed E-state index contributed by atoms with van der Waals surface area (Å²) in [5, 5.41) is 0. The average molecular weight is 287 g/mol. The molecule has 21 heavy (non-hydrogen) atoms. The number of aryl methyl sites for hydroxylation is 1. The van der Waals surface area contributed by atoms with Crippen molar-refractivity contribution in [2.75, 3.05) is 14.1 Å². The predicted octanol–water partition coefficient (Wildman–Crippen LogP) is 4.33. The van der Waals surface area contributed by atoms with Crippen LogP contribution in [0.3, 0.4) is 0 Å². The largest absolute Gasteiger partial charge is 0.297 e. The van der Waals surface area contributed by atoms with Crippen LogP contribution in [-0.2, 0) is 6.42 Å². The van der Waals surface area contributed by atoms with Crippen LogP contribution >= 0.6 is 0 Å². The first-order valence-electron chi connectivity index (χ1n) is 8.31. The Morgan fingerprint density at radius 2 is 1.76 bits per heavy atom. The topological polar surface area (TPSA) is 20.3 Å². The molecule has 0 amide bonds. The zero-order chi connectivity index (χ0) is 15.5. The van der Waals surface area contributed by atoms with E-state index in [0.717, 1.165) is 50.0 Å². The highest BCUT2D eigenvalue weighted by molar-refractivity contribution is 6.03. The molecule has 0 saturated heterocycles. The van der Waals surface area contributed by atoms with Gasteiger partial charge in [-0.25, -0.2) is 0 Å². The fraction of sp³-hybridized carbons (Fsp3) is 0.632. The van der Waals surface area contributed by atoms with Gasteiger partial charge < -0.3 is 0 Å². The predicted molar refractivity (Wildman–Crippen MR) is 88.8 cm³/mol. The van der Waals surface area contributed by atoms with E-state index in [9.17, 15) is 4.79 Å². The number of benzene rings is 1. The fourth-order valence-electron chi connectivity index (χ4n) is 3.50. The molecule has 0 unspecified atom stereocenters. The summed E-state index contributed by atoms with van der Waals surface area (Å²) in [7, 11) is 4.11. The van der Waals surface area contributed by atoms with E-state index in [1.54, 1.807) is 0 Å². The van der Waals surface area contributed by atoms with Gasteiger partial charge in [-0.15, -0.1) is 0 Å². The van der Waals surface area contributed by atoms with Crippen LogP contribution in [0.25, 0.3) is 0 Å². The molecule has 116 valence electrons. The number of hydrogen-bond acceptors (Lipinski definition) is 2. The highest BCUT2D eigenvalue weighted by atomic mass is 16.1. The number of nitrogens with zero attached hydrogens (tertiary/aromatic N) is 1. The Morgan fingerprint density at radius 1 is 1.19 bits per heavy atom. The average Bonchev–Trinajstić information content (AvgIpc) is 2.48. The molecule has 2 nitrogen and oxygen atoms in total. The zero-order valence-corrected chi connectivity index (χ0v) is 14.0. The monoisotopic (exact) mass is 287 g/mol. The van der Waals surface area contributed by atoms with Gasteiger partial charge in [-0.3, -0.25) is 9.69 Å². The molecule has 0 spiro atoms. The number of carbonyl (C=O) groups excluding carboxylic acids is 1. The van der Waals surface area contributed by atoms with E-state index < -0.39 is 0 Å². The summed E-state index contributed by atoms with van der Waals surface area (Å²) in [6.45, 7) is 4.48. The summed E-state index contributed by atoms with van der Waals surface area (Å²) in [4.78, 5) is 15.3. The minimum Gasteiger partial charge on any atom is -0.297 e. The Balaban J connectivity index is 2.22. The molecule has 0 heterocycles. The van der Waals surface area contributed by atoms with Crippen molar-refractivity contribution in [2.45, 2.75) is 57.9 Å². The second kappa shape index (κ2) is 6.74. The lowest BCUT2D eigenvalue weighted by Gasteiger charge is -2.43. The maximum atomic E-state index is 13.1. The summed E-state index contributed by atoms with van der Waals surface area (Å²) >= 11 is 0. The van der Waals surface area contributed by atoms with E-state index in [1.165, 1.54) is 5.56 Å². The molecule has 1 aliphatic rings. The molecule has 0 atom stereocenters. The molecule has 0 radical (unpaired) electrons. The lowest BCUT2D eigenvalue weighted by molar-refractivity contribution is 0.0513. The minimum atomic E-state index is -0.293. The van der Waals surface area contributed by atoms with Crippen LogP contribution in [-0.4, -0.2) is 30.3 Å². The third kappa shape index (κ3) is 3.37. The molecule has 0 N–H and O–H groups in total. The Bertz CT molecular complexity index is 467. The molecular weight excluding hydrogens is 258 g/mol. The third-order valence-corrected chi connectivity index (χ3v) is 5.13. The smallest absolute Gasteiger partial charge is 0.183 e. The SMILES string of the molecule is CCCc1ccc(C(=O)C2(N(C)C)CCC(C)CC2)cc1. The van der Waals surface area contributed by atoms with Crippen LogP contribution < -0.4 is 0 Å². The maximum absolute atomic E-state index is 13.1. The van der Waals surface area contributed by atoms with E-state index in [0.29, 0.717) is 5.78 Å². The van der Waals surface area contributed by atoms with Crippen LogP contribution in [0.5, 0.6) is 0 Å². The second-order valence-corrected chi connectivity index (χ2v) is 6.88. The second-order valence-electron chi connectivity index (χ2n) is 6.88. The van der Waals surface area contributed by atoms with Gasteiger partial charge in [-0.1, -0.05) is 44.5 Å². The minimum absolute atomic E-state index is 0.293. The highest BCUT2D eigenvalue weighted by Crippen LogP contribution is 2.37. The lowest BCUT2D eigenvalue weighted by atomic mass is 9.72. The third-order valence-electron chi connectivity index (χ3n) is 5.13. The van der Waals surface area contributed by atoms with E-state index in [2.05, 4.69) is 45.0 Å². The first kappa shape index (κ1) is 16.2. The van der Waals surface area contributed by atoms with Gasteiger partial charge in [0.2, 0.25) is 0 Å². The van der Waals surface area contributed by atoms with Crippen molar-refractivity contribution >= 4 is 5.78 Å². The molecular formula is C19H29NO. The molecule has 2 heteroatoms. The number of ketones is 1. The fourth-order valence-corrected chi connectivity index (χ4v) is 3.50. The Hall–Kier alpha value is -1.15. The number of hydrogen-bond donors (Lipinski definition) is 0. The van der Waals surface area contributed by atoms with Crippen molar-refractivity contribution in [1.82, 2.24) is 4.90 Å². The summed E-state index contributed by atoms with van der Waals surface area (Å²) in [5.74, 6) is 1.06. The van der Waals surface area contributed by atoms with Gasteiger partial charge in [0.25, 0.3) is 0 Å². The summed E-state index contributed by atoms with van der Waals surface area (Å²) in [5.41, 5.74) is 1.90. The van der Waals surface area contributed by atoms with E-state index in [4.69, 9.17) is 0 Å². The lowest BCUT2D eigenvalue weighted by Crippen LogP contribution is -2.53. The van der Waals surface area contributed by atoms with E-state index in [1.807, 2.05) is 12.1 Å². The van der Waals surface area contributed by atoms with Crippen molar-refractivity contribution in [3.63, 3.8) is 0 Å². The number of rotatable bonds is 5. The highest BCUT2D eigenvalue weighted by Gasteiger charge is 2.42. The first-order valence-corrected chi connectivity index (χ1v) is 8.31. The van der Waals surface area contributed by atoms with Gasteiger partial charge in [0.1, 0.15) is 0 Å². The molecule has 1 saturated carbocycles. The molecule has 0 aliphatic heterocycles. The molecule has 0 aromatic heterocycles. The van der Waals surface area contributed by atoms with E-state index >= 15 is 0 Å². The van der Waals surface area contributed by atoms with Gasteiger partial charge in [0, 0.05) is 5.56 Å². The summed E-state index contributed by atoms with van der Waals surface area (Å²) < 4.78 is 0. The standard InChI is InChI=1S/C19H29NO/c1-5-6-16-7-9-17(10-8-16)18(21)19(20(3)4)13-11-15(2)12-14-19/h7-10,15H,5-6,11-14H2,1-4H3. The Labute approximate surface area is 129 Å². The van der Waals surface area contributed by atoms with Crippen molar-refractivity contribution < 1.29 is 4.79 Å². The number of likely N-dealkylation sites (N-methyl/N-ethyl adjacent to an activating group) is 1. The van der Waals surface area contributed by atoms with Crippen molar-refractivity contribution in [3.8, 4) is 0 Å². The molecule has 0 bridgehead atoms. The normalized spacial score (nSPS) is 26.0. The Kier molecular flexibility index (Phi) is 5.21. The van der Waals surface area contributed by atoms with E-state index in [-0.39, 0.29) is 5.54 Å². The van der Waals surface area contributed by atoms with Gasteiger partial charge >= 0.3 is 0 Å². The molecule has 2 rings (SSSR count). The maximum Gasteiger partial charge on any atom is 0.183 e. The van der Waals surface area contributed by atoms with Gasteiger partial charge in [-0.2, -0.15) is 0 Å². The number of carbonyl (C=O) groups is 1. The van der Waals surface area contributed by atoms with Crippen LogP contribution in [0.4, 0.5) is 0 Å². The molecule has 1 fully saturated rings. The number of Topliss-reactive ketones (excluding diaryl/α,β-unsaturated/α-hetero) is 1.